The fraction of sp³-hybridized carbons (Fsp3) is 0.571. The van der Waals surface area contributed by atoms with Crippen molar-refractivity contribution < 1.29 is 4.74 Å². The summed E-state index contributed by atoms with van der Waals surface area (Å²) >= 11 is 3.57. The normalized spacial score (nSPS) is 15.6. The van der Waals surface area contributed by atoms with E-state index in [1.165, 1.54) is 24.8 Å². The quantitative estimate of drug-likeness (QED) is 0.872. The Morgan fingerprint density at radius 1 is 1.35 bits per heavy atom. The van der Waals surface area contributed by atoms with E-state index < -0.39 is 0 Å². The fourth-order valence-corrected chi connectivity index (χ4v) is 2.53. The van der Waals surface area contributed by atoms with Gasteiger partial charge in [-0.3, -0.25) is 0 Å². The maximum Gasteiger partial charge on any atom is 0.133 e. The van der Waals surface area contributed by atoms with E-state index in [1.807, 2.05) is 0 Å². The number of hydrogen-bond acceptors (Lipinski definition) is 2. The molecule has 0 spiro atoms. The van der Waals surface area contributed by atoms with E-state index in [-0.39, 0.29) is 0 Å². The highest BCUT2D eigenvalue weighted by atomic mass is 79.9. The molecule has 2 N–H and O–H groups in total. The van der Waals surface area contributed by atoms with Gasteiger partial charge in [0.05, 0.1) is 11.1 Å². The molecule has 1 fully saturated rings. The first-order valence-corrected chi connectivity index (χ1v) is 7.20. The van der Waals surface area contributed by atoms with Crippen LogP contribution in [0, 0.1) is 5.92 Å². The van der Waals surface area contributed by atoms with Crippen LogP contribution in [0.2, 0.25) is 0 Å². The largest absolute Gasteiger partial charge is 0.492 e. The van der Waals surface area contributed by atoms with Crippen LogP contribution in [0.3, 0.4) is 0 Å². The lowest BCUT2D eigenvalue weighted by molar-refractivity contribution is 0.180. The van der Waals surface area contributed by atoms with Crippen LogP contribution in [-0.2, 0) is 6.42 Å². The van der Waals surface area contributed by atoms with Gasteiger partial charge < -0.3 is 10.5 Å². The van der Waals surface area contributed by atoms with E-state index in [0.717, 1.165) is 42.1 Å². The first-order valence-electron chi connectivity index (χ1n) is 6.41. The van der Waals surface area contributed by atoms with Crippen LogP contribution in [0.1, 0.15) is 31.2 Å². The zero-order valence-corrected chi connectivity index (χ0v) is 11.7. The minimum Gasteiger partial charge on any atom is -0.492 e. The van der Waals surface area contributed by atoms with Gasteiger partial charge in [0, 0.05) is 0 Å². The fourth-order valence-electron chi connectivity index (χ4n) is 1.99. The number of rotatable bonds is 6. The standard InChI is InChI=1S/C14H20BrNO/c15-13-9-11(5-2-8-16)6-7-14(13)17-10-12-3-1-4-12/h6-7,9,12H,1-5,8,10,16H2. The Bertz CT molecular complexity index is 363. The molecule has 0 heterocycles. The molecule has 1 aliphatic carbocycles. The molecule has 1 aromatic carbocycles. The molecular weight excluding hydrogens is 278 g/mol. The lowest BCUT2D eigenvalue weighted by atomic mass is 9.86. The van der Waals surface area contributed by atoms with Crippen LogP contribution in [0.5, 0.6) is 5.75 Å². The van der Waals surface area contributed by atoms with Gasteiger partial charge in [0.1, 0.15) is 5.75 Å². The maximum absolute atomic E-state index is 5.83. The number of nitrogens with two attached hydrogens (primary N) is 1. The van der Waals surface area contributed by atoms with Gasteiger partial charge in [-0.2, -0.15) is 0 Å². The third-order valence-corrected chi connectivity index (χ3v) is 3.98. The monoisotopic (exact) mass is 297 g/mol. The zero-order chi connectivity index (χ0) is 12.1. The van der Waals surface area contributed by atoms with Crippen LogP contribution >= 0.6 is 15.9 Å². The van der Waals surface area contributed by atoms with Gasteiger partial charge in [-0.1, -0.05) is 12.5 Å². The summed E-state index contributed by atoms with van der Waals surface area (Å²) in [5.74, 6) is 1.74. The summed E-state index contributed by atoms with van der Waals surface area (Å²) in [5.41, 5.74) is 6.83. The summed E-state index contributed by atoms with van der Waals surface area (Å²) in [5, 5.41) is 0. The molecule has 2 nitrogen and oxygen atoms in total. The Balaban J connectivity index is 1.88. The van der Waals surface area contributed by atoms with Gasteiger partial charge >= 0.3 is 0 Å². The van der Waals surface area contributed by atoms with Crippen molar-refractivity contribution in [1.29, 1.82) is 0 Å². The summed E-state index contributed by atoms with van der Waals surface area (Å²) in [7, 11) is 0. The summed E-state index contributed by atoms with van der Waals surface area (Å²) in [6.07, 6.45) is 6.10. The van der Waals surface area contributed by atoms with Crippen molar-refractivity contribution in [2.75, 3.05) is 13.2 Å². The van der Waals surface area contributed by atoms with E-state index in [9.17, 15) is 0 Å². The molecule has 0 aromatic heterocycles. The lowest BCUT2D eigenvalue weighted by Crippen LogP contribution is -2.19. The molecule has 0 bridgehead atoms. The van der Waals surface area contributed by atoms with Crippen molar-refractivity contribution in [1.82, 2.24) is 0 Å². The van der Waals surface area contributed by atoms with E-state index in [2.05, 4.69) is 34.1 Å². The minimum absolute atomic E-state index is 0.748. The molecule has 0 amide bonds. The molecular formula is C14H20BrNO. The zero-order valence-electron chi connectivity index (χ0n) is 10.1. The Kier molecular flexibility index (Phi) is 4.86. The van der Waals surface area contributed by atoms with Crippen molar-refractivity contribution in [2.24, 2.45) is 11.7 Å². The van der Waals surface area contributed by atoms with Gasteiger partial charge in [0.25, 0.3) is 0 Å². The summed E-state index contributed by atoms with van der Waals surface area (Å²) in [6.45, 7) is 1.61. The highest BCUT2D eigenvalue weighted by Crippen LogP contribution is 2.30. The lowest BCUT2D eigenvalue weighted by Gasteiger charge is -2.25. The van der Waals surface area contributed by atoms with Crippen molar-refractivity contribution in [2.45, 2.75) is 32.1 Å². The average molecular weight is 298 g/mol. The van der Waals surface area contributed by atoms with Crippen LogP contribution in [-0.4, -0.2) is 13.2 Å². The van der Waals surface area contributed by atoms with Crippen molar-refractivity contribution in [3.05, 3.63) is 28.2 Å². The molecule has 0 unspecified atom stereocenters. The summed E-state index contributed by atoms with van der Waals surface area (Å²) < 4.78 is 6.89. The van der Waals surface area contributed by atoms with Crippen molar-refractivity contribution in [3.8, 4) is 5.75 Å². The Morgan fingerprint density at radius 3 is 2.76 bits per heavy atom. The number of hydrogen-bond donors (Lipinski definition) is 1. The minimum atomic E-state index is 0.748. The second-order valence-electron chi connectivity index (χ2n) is 4.76. The topological polar surface area (TPSA) is 35.2 Å². The molecule has 1 aromatic rings. The van der Waals surface area contributed by atoms with Crippen LogP contribution < -0.4 is 10.5 Å². The number of aryl methyl sites for hydroxylation is 1. The summed E-state index contributed by atoms with van der Waals surface area (Å²) in [4.78, 5) is 0. The molecule has 0 saturated heterocycles. The third-order valence-electron chi connectivity index (χ3n) is 3.37. The van der Waals surface area contributed by atoms with Crippen LogP contribution in [0.25, 0.3) is 0 Å². The molecule has 1 aliphatic rings. The summed E-state index contributed by atoms with van der Waals surface area (Å²) in [6, 6.07) is 6.34. The Morgan fingerprint density at radius 2 is 2.18 bits per heavy atom. The van der Waals surface area contributed by atoms with E-state index in [0.29, 0.717) is 0 Å². The molecule has 17 heavy (non-hydrogen) atoms. The molecule has 1 saturated carbocycles. The molecule has 2 rings (SSSR count). The van der Waals surface area contributed by atoms with Crippen LogP contribution in [0.15, 0.2) is 22.7 Å². The van der Waals surface area contributed by atoms with Gasteiger partial charge in [-0.15, -0.1) is 0 Å². The highest BCUT2D eigenvalue weighted by molar-refractivity contribution is 9.10. The number of benzene rings is 1. The van der Waals surface area contributed by atoms with E-state index in [1.54, 1.807) is 0 Å². The second kappa shape index (κ2) is 6.41. The molecule has 0 atom stereocenters. The van der Waals surface area contributed by atoms with Gasteiger partial charge in [-0.25, -0.2) is 0 Å². The average Bonchev–Trinajstić information content (AvgIpc) is 2.27. The van der Waals surface area contributed by atoms with Crippen molar-refractivity contribution >= 4 is 15.9 Å². The molecule has 0 radical (unpaired) electrons. The first-order chi connectivity index (χ1) is 8.29. The molecule has 94 valence electrons. The Labute approximate surface area is 112 Å². The highest BCUT2D eigenvalue weighted by Gasteiger charge is 2.18. The van der Waals surface area contributed by atoms with E-state index in [4.69, 9.17) is 10.5 Å². The van der Waals surface area contributed by atoms with Gasteiger partial charge in [0.15, 0.2) is 0 Å². The number of ether oxygens (including phenoxy) is 1. The molecule has 0 aliphatic heterocycles. The molecule has 3 heteroatoms. The third kappa shape index (κ3) is 3.71. The predicted octanol–water partition coefficient (Wildman–Crippen LogP) is 3.52. The smallest absolute Gasteiger partial charge is 0.133 e. The van der Waals surface area contributed by atoms with Gasteiger partial charge in [0.2, 0.25) is 0 Å². The maximum atomic E-state index is 5.83. The van der Waals surface area contributed by atoms with Crippen molar-refractivity contribution in [3.63, 3.8) is 0 Å². The van der Waals surface area contributed by atoms with E-state index >= 15 is 0 Å². The predicted molar refractivity (Wildman–Crippen MR) is 74.4 cm³/mol. The first kappa shape index (κ1) is 12.9. The Hall–Kier alpha value is -0.540. The van der Waals surface area contributed by atoms with Crippen LogP contribution in [0.4, 0.5) is 0 Å². The SMILES string of the molecule is NCCCc1ccc(OCC2CCC2)c(Br)c1. The van der Waals surface area contributed by atoms with Gasteiger partial charge in [-0.05, 0) is 71.8 Å². The second-order valence-corrected chi connectivity index (χ2v) is 5.62. The number of halogens is 1.